The van der Waals surface area contributed by atoms with Crippen molar-refractivity contribution >= 4 is 5.91 Å². The third-order valence-corrected chi connectivity index (χ3v) is 5.28. The zero-order valence-corrected chi connectivity index (χ0v) is 16.1. The zero-order valence-electron chi connectivity index (χ0n) is 16.1. The molecule has 0 saturated carbocycles. The molecule has 0 radical (unpaired) electrons. The van der Waals surface area contributed by atoms with E-state index in [0.29, 0.717) is 24.8 Å². The minimum Gasteiger partial charge on any atom is -0.361 e. The summed E-state index contributed by atoms with van der Waals surface area (Å²) in [6.45, 7) is 4.61. The van der Waals surface area contributed by atoms with Gasteiger partial charge in [-0.05, 0) is 55.8 Å². The molecule has 3 rings (SSSR count). The van der Waals surface area contributed by atoms with Gasteiger partial charge < -0.3 is 15.2 Å². The second-order valence-corrected chi connectivity index (χ2v) is 7.45. The number of nitrogens with one attached hydrogen (secondary N) is 2. The number of nitrogens with zero attached hydrogens (tertiary/aromatic N) is 2. The standard InChI is InChI=1S/C21H30N4O2/c1-2-3-6-20-12-19(25-27-20)10-18-15-23-9-7-17(18)11-21(26)24-14-16-5-4-8-22-13-16/h4-5,8,12-13,17-18,23H,2-3,6-7,9-11,14-15H2,1H3,(H,24,26)/t17-,18-/m0/s1. The van der Waals surface area contributed by atoms with E-state index in [1.54, 1.807) is 12.4 Å². The number of unbranched alkanes of at least 4 members (excludes halogenated alkanes) is 1. The first-order valence-corrected chi connectivity index (χ1v) is 10.1. The van der Waals surface area contributed by atoms with Gasteiger partial charge in [0, 0.05) is 37.8 Å². The van der Waals surface area contributed by atoms with Crippen LogP contribution in [0.2, 0.25) is 0 Å². The third kappa shape index (κ3) is 6.17. The highest BCUT2D eigenvalue weighted by Gasteiger charge is 2.28. The van der Waals surface area contributed by atoms with Crippen LogP contribution in [0.4, 0.5) is 0 Å². The molecule has 0 unspecified atom stereocenters. The Morgan fingerprint density at radius 2 is 2.33 bits per heavy atom. The van der Waals surface area contributed by atoms with Crippen molar-refractivity contribution in [2.24, 2.45) is 11.8 Å². The van der Waals surface area contributed by atoms with Crippen molar-refractivity contribution in [1.29, 1.82) is 0 Å². The second kappa shape index (κ2) is 10.2. The lowest BCUT2D eigenvalue weighted by Gasteiger charge is -2.31. The lowest BCUT2D eigenvalue weighted by molar-refractivity contribution is -0.122. The Bertz CT molecular complexity index is 701. The molecule has 2 aromatic rings. The average Bonchev–Trinajstić information content (AvgIpc) is 3.14. The van der Waals surface area contributed by atoms with Gasteiger partial charge in [0.15, 0.2) is 0 Å². The maximum atomic E-state index is 12.4. The third-order valence-electron chi connectivity index (χ3n) is 5.28. The number of piperidine rings is 1. The lowest BCUT2D eigenvalue weighted by atomic mass is 9.81. The Hall–Kier alpha value is -2.21. The summed E-state index contributed by atoms with van der Waals surface area (Å²) in [6.07, 6.45) is 9.20. The Morgan fingerprint density at radius 3 is 3.15 bits per heavy atom. The first-order valence-electron chi connectivity index (χ1n) is 10.1. The van der Waals surface area contributed by atoms with Crippen LogP contribution >= 0.6 is 0 Å². The van der Waals surface area contributed by atoms with Crippen LogP contribution in [-0.2, 0) is 24.2 Å². The first-order chi connectivity index (χ1) is 13.2. The summed E-state index contributed by atoms with van der Waals surface area (Å²) >= 11 is 0. The topological polar surface area (TPSA) is 80.0 Å². The molecule has 27 heavy (non-hydrogen) atoms. The summed E-state index contributed by atoms with van der Waals surface area (Å²) in [5, 5.41) is 10.7. The van der Waals surface area contributed by atoms with E-state index < -0.39 is 0 Å². The van der Waals surface area contributed by atoms with Crippen molar-refractivity contribution < 1.29 is 9.32 Å². The minimum atomic E-state index is 0.111. The number of amides is 1. The van der Waals surface area contributed by atoms with Gasteiger partial charge in [-0.15, -0.1) is 0 Å². The van der Waals surface area contributed by atoms with E-state index in [0.717, 1.165) is 62.2 Å². The number of pyridine rings is 1. The Kier molecular flexibility index (Phi) is 7.39. The van der Waals surface area contributed by atoms with Gasteiger partial charge in [-0.25, -0.2) is 0 Å². The molecule has 0 spiro atoms. The second-order valence-electron chi connectivity index (χ2n) is 7.45. The molecule has 0 bridgehead atoms. The van der Waals surface area contributed by atoms with Crippen LogP contribution in [0, 0.1) is 11.8 Å². The van der Waals surface area contributed by atoms with Gasteiger partial charge in [0.25, 0.3) is 0 Å². The summed E-state index contributed by atoms with van der Waals surface area (Å²) in [5.74, 6) is 1.86. The molecule has 1 fully saturated rings. The van der Waals surface area contributed by atoms with Crippen LogP contribution in [0.25, 0.3) is 0 Å². The van der Waals surface area contributed by atoms with Gasteiger partial charge in [-0.3, -0.25) is 9.78 Å². The van der Waals surface area contributed by atoms with Crippen molar-refractivity contribution in [2.45, 2.75) is 52.0 Å². The molecule has 2 aromatic heterocycles. The molecule has 1 saturated heterocycles. The average molecular weight is 370 g/mol. The van der Waals surface area contributed by atoms with E-state index >= 15 is 0 Å². The number of carbonyl (C=O) groups excluding carboxylic acids is 1. The van der Waals surface area contributed by atoms with Crippen LogP contribution in [0.5, 0.6) is 0 Å². The lowest BCUT2D eigenvalue weighted by Crippen LogP contribution is -2.40. The Balaban J connectivity index is 1.50. The molecule has 2 atom stereocenters. The van der Waals surface area contributed by atoms with Crippen LogP contribution in [-0.4, -0.2) is 29.1 Å². The van der Waals surface area contributed by atoms with Gasteiger partial charge in [-0.2, -0.15) is 0 Å². The van der Waals surface area contributed by atoms with Gasteiger partial charge >= 0.3 is 0 Å². The molecule has 1 amide bonds. The highest BCUT2D eigenvalue weighted by molar-refractivity contribution is 5.76. The molecular weight excluding hydrogens is 340 g/mol. The van der Waals surface area contributed by atoms with Crippen molar-refractivity contribution in [3.63, 3.8) is 0 Å². The highest BCUT2D eigenvalue weighted by atomic mass is 16.5. The number of aryl methyl sites for hydroxylation is 1. The van der Waals surface area contributed by atoms with E-state index in [-0.39, 0.29) is 5.91 Å². The first kappa shape index (κ1) is 19.5. The number of hydrogen-bond acceptors (Lipinski definition) is 5. The normalized spacial score (nSPS) is 19.7. The quantitative estimate of drug-likeness (QED) is 0.709. The summed E-state index contributed by atoms with van der Waals surface area (Å²) in [4.78, 5) is 16.5. The largest absolute Gasteiger partial charge is 0.361 e. The molecule has 1 aliphatic heterocycles. The summed E-state index contributed by atoms with van der Waals surface area (Å²) in [7, 11) is 0. The van der Waals surface area contributed by atoms with E-state index in [2.05, 4.69) is 33.8 Å². The monoisotopic (exact) mass is 370 g/mol. The van der Waals surface area contributed by atoms with Gasteiger partial charge in [-0.1, -0.05) is 24.6 Å². The van der Waals surface area contributed by atoms with Crippen molar-refractivity contribution in [2.75, 3.05) is 13.1 Å². The molecule has 2 N–H and O–H groups in total. The van der Waals surface area contributed by atoms with Crippen LogP contribution in [0.1, 0.15) is 49.6 Å². The fraction of sp³-hybridized carbons (Fsp3) is 0.571. The molecule has 3 heterocycles. The van der Waals surface area contributed by atoms with Crippen LogP contribution in [0.15, 0.2) is 35.1 Å². The summed E-state index contributed by atoms with van der Waals surface area (Å²) in [5.41, 5.74) is 2.03. The molecule has 146 valence electrons. The molecule has 6 heteroatoms. The van der Waals surface area contributed by atoms with Crippen LogP contribution < -0.4 is 10.6 Å². The van der Waals surface area contributed by atoms with E-state index in [9.17, 15) is 4.79 Å². The maximum absolute atomic E-state index is 12.4. The molecular formula is C21H30N4O2. The number of rotatable bonds is 9. The van der Waals surface area contributed by atoms with E-state index in [4.69, 9.17) is 4.52 Å². The van der Waals surface area contributed by atoms with Crippen molar-refractivity contribution in [3.8, 4) is 0 Å². The minimum absolute atomic E-state index is 0.111. The van der Waals surface area contributed by atoms with Crippen molar-refractivity contribution in [3.05, 3.63) is 47.6 Å². The van der Waals surface area contributed by atoms with E-state index in [1.165, 1.54) is 0 Å². The SMILES string of the molecule is CCCCc1cc(C[C@H]2CNCC[C@H]2CC(=O)NCc2cccnc2)no1. The Labute approximate surface area is 161 Å². The van der Waals surface area contributed by atoms with Gasteiger partial charge in [0.2, 0.25) is 5.91 Å². The predicted molar refractivity (Wildman–Crippen MR) is 104 cm³/mol. The van der Waals surface area contributed by atoms with Gasteiger partial charge in [0.1, 0.15) is 5.76 Å². The smallest absolute Gasteiger partial charge is 0.220 e. The number of aromatic nitrogens is 2. The summed E-state index contributed by atoms with van der Waals surface area (Å²) in [6, 6.07) is 5.95. The van der Waals surface area contributed by atoms with Crippen LogP contribution in [0.3, 0.4) is 0 Å². The van der Waals surface area contributed by atoms with Crippen molar-refractivity contribution in [1.82, 2.24) is 20.8 Å². The number of hydrogen-bond donors (Lipinski definition) is 2. The fourth-order valence-corrected chi connectivity index (χ4v) is 3.69. The van der Waals surface area contributed by atoms with Gasteiger partial charge in [0.05, 0.1) is 5.69 Å². The fourth-order valence-electron chi connectivity index (χ4n) is 3.69. The zero-order chi connectivity index (χ0) is 18.9. The number of carbonyl (C=O) groups is 1. The summed E-state index contributed by atoms with van der Waals surface area (Å²) < 4.78 is 5.46. The maximum Gasteiger partial charge on any atom is 0.220 e. The molecule has 1 aliphatic rings. The molecule has 6 nitrogen and oxygen atoms in total. The van der Waals surface area contributed by atoms with E-state index in [1.807, 2.05) is 12.1 Å². The highest BCUT2D eigenvalue weighted by Crippen LogP contribution is 2.26. The predicted octanol–water partition coefficient (Wildman–Crippen LogP) is 2.89. The Morgan fingerprint density at radius 1 is 1.41 bits per heavy atom. The molecule has 0 aromatic carbocycles. The molecule has 0 aliphatic carbocycles.